The van der Waals surface area contributed by atoms with Crippen molar-refractivity contribution >= 4 is 0 Å². The normalized spacial score (nSPS) is 21.1. The molecule has 0 saturated carbocycles. The van der Waals surface area contributed by atoms with E-state index in [0.717, 1.165) is 12.0 Å². The van der Waals surface area contributed by atoms with Crippen LogP contribution in [0.3, 0.4) is 0 Å². The molecule has 0 heterocycles. The smallest absolute Gasteiger partial charge is 0.292 e. The molecule has 0 aromatic heterocycles. The molecule has 1 aromatic carbocycles. The molecule has 94 valence electrons. The van der Waals surface area contributed by atoms with Crippen LogP contribution in [0.25, 0.3) is 0 Å². The van der Waals surface area contributed by atoms with Gasteiger partial charge < -0.3 is 4.74 Å². The average molecular weight is 250 g/mol. The Hall–Kier alpha value is -2.52. The predicted molar refractivity (Wildman–Crippen MR) is 71.9 cm³/mol. The van der Waals surface area contributed by atoms with E-state index in [2.05, 4.69) is 19.1 Å². The number of rotatable bonds is 3. The number of nitriles is 2. The molecule has 2 unspecified atom stereocenters. The summed E-state index contributed by atoms with van der Waals surface area (Å²) < 4.78 is 4.74. The number of hydrogen-bond acceptors (Lipinski definition) is 3. The molecule has 1 aliphatic rings. The highest BCUT2D eigenvalue weighted by Crippen LogP contribution is 2.24. The lowest BCUT2D eigenvalue weighted by atomic mass is 9.86. The number of ether oxygens (including phenoxy) is 1. The second-order valence-electron chi connectivity index (χ2n) is 4.63. The van der Waals surface area contributed by atoms with Crippen molar-refractivity contribution in [2.75, 3.05) is 0 Å². The minimum atomic E-state index is -0.0184. The fourth-order valence-electron chi connectivity index (χ4n) is 2.14. The van der Waals surface area contributed by atoms with Gasteiger partial charge in [0.05, 0.1) is 12.0 Å². The van der Waals surface area contributed by atoms with Gasteiger partial charge in [-0.15, -0.1) is 5.26 Å². The molecule has 0 radical (unpaired) electrons. The monoisotopic (exact) mass is 250 g/mol. The number of benzene rings is 1. The minimum Gasteiger partial charge on any atom is -0.388 e. The molecule has 3 nitrogen and oxygen atoms in total. The van der Waals surface area contributed by atoms with E-state index >= 15 is 0 Å². The van der Waals surface area contributed by atoms with E-state index < -0.39 is 0 Å². The molecular formula is C16H14N2O. The van der Waals surface area contributed by atoms with Crippen LogP contribution >= 0.6 is 0 Å². The fraction of sp³-hybridized carbons (Fsp3) is 0.250. The van der Waals surface area contributed by atoms with Crippen molar-refractivity contribution < 1.29 is 4.74 Å². The quantitative estimate of drug-likeness (QED) is 0.773. The number of allylic oxidation sites excluding steroid dienone is 4. The Labute approximate surface area is 113 Å². The van der Waals surface area contributed by atoms with Crippen LogP contribution in [0.1, 0.15) is 12.5 Å². The number of nitrogens with zero attached hydrogens (tertiary/aromatic N) is 2. The standard InChI is InChI=1S/C16H14N2O/c1-12-8-14(2-5-15(12)10-17)9-13-3-6-16(7-4-13)19-11-18/h2-8,12,15H,9H2,1H3. The van der Waals surface area contributed by atoms with Crippen molar-refractivity contribution in [1.82, 2.24) is 0 Å². The highest BCUT2D eigenvalue weighted by molar-refractivity contribution is 5.35. The molecule has 2 atom stereocenters. The third kappa shape index (κ3) is 3.24. The van der Waals surface area contributed by atoms with Crippen LogP contribution in [0, 0.1) is 34.7 Å². The summed E-state index contributed by atoms with van der Waals surface area (Å²) in [5.41, 5.74) is 2.37. The average Bonchev–Trinajstić information content (AvgIpc) is 2.42. The topological polar surface area (TPSA) is 56.8 Å². The zero-order chi connectivity index (χ0) is 13.7. The van der Waals surface area contributed by atoms with E-state index in [1.165, 1.54) is 5.57 Å². The van der Waals surface area contributed by atoms with E-state index in [1.54, 1.807) is 18.4 Å². The minimum absolute atomic E-state index is 0.0184. The lowest BCUT2D eigenvalue weighted by Gasteiger charge is -2.17. The van der Waals surface area contributed by atoms with Crippen LogP contribution in [0.15, 0.2) is 48.1 Å². The third-order valence-electron chi connectivity index (χ3n) is 3.21. The van der Waals surface area contributed by atoms with Gasteiger partial charge in [0, 0.05) is 0 Å². The van der Waals surface area contributed by atoms with Gasteiger partial charge >= 0.3 is 0 Å². The van der Waals surface area contributed by atoms with Crippen LogP contribution in [0.5, 0.6) is 5.75 Å². The van der Waals surface area contributed by atoms with Gasteiger partial charge in [0.1, 0.15) is 5.75 Å². The second kappa shape index (κ2) is 5.89. The van der Waals surface area contributed by atoms with E-state index in [4.69, 9.17) is 15.3 Å². The molecule has 0 bridgehead atoms. The SMILES string of the molecule is CC1C=C(Cc2ccc(OC#N)cc2)C=CC1C#N. The summed E-state index contributed by atoms with van der Waals surface area (Å²) in [4.78, 5) is 0. The van der Waals surface area contributed by atoms with Crippen molar-refractivity contribution in [2.24, 2.45) is 11.8 Å². The zero-order valence-corrected chi connectivity index (χ0v) is 10.7. The van der Waals surface area contributed by atoms with Gasteiger partial charge in [0.15, 0.2) is 0 Å². The molecule has 19 heavy (non-hydrogen) atoms. The van der Waals surface area contributed by atoms with Gasteiger partial charge in [0.2, 0.25) is 0 Å². The highest BCUT2D eigenvalue weighted by atomic mass is 16.5. The van der Waals surface area contributed by atoms with Gasteiger partial charge in [-0.25, -0.2) is 0 Å². The Morgan fingerprint density at radius 2 is 1.95 bits per heavy atom. The summed E-state index contributed by atoms with van der Waals surface area (Å²) in [7, 11) is 0. The first-order valence-corrected chi connectivity index (χ1v) is 6.16. The number of hydrogen-bond donors (Lipinski definition) is 0. The summed E-state index contributed by atoms with van der Waals surface area (Å²) in [6, 6.07) is 9.74. The molecule has 0 aliphatic heterocycles. The summed E-state index contributed by atoms with van der Waals surface area (Å²) in [5.74, 6) is 0.790. The summed E-state index contributed by atoms with van der Waals surface area (Å²) in [6.45, 7) is 2.06. The van der Waals surface area contributed by atoms with Crippen LogP contribution in [-0.4, -0.2) is 0 Å². The Morgan fingerprint density at radius 3 is 2.53 bits per heavy atom. The molecule has 0 saturated heterocycles. The van der Waals surface area contributed by atoms with E-state index in [1.807, 2.05) is 24.3 Å². The maximum absolute atomic E-state index is 8.95. The molecule has 1 aromatic rings. The van der Waals surface area contributed by atoms with Gasteiger partial charge in [-0.3, -0.25) is 0 Å². The molecule has 0 N–H and O–H groups in total. The van der Waals surface area contributed by atoms with Crippen LogP contribution in [0.2, 0.25) is 0 Å². The van der Waals surface area contributed by atoms with Crippen molar-refractivity contribution in [3.05, 3.63) is 53.6 Å². The molecule has 0 fully saturated rings. The maximum atomic E-state index is 8.95. The molecule has 0 amide bonds. The lowest BCUT2D eigenvalue weighted by Crippen LogP contribution is -2.09. The first-order chi connectivity index (χ1) is 9.22. The van der Waals surface area contributed by atoms with E-state index in [9.17, 15) is 0 Å². The zero-order valence-electron chi connectivity index (χ0n) is 10.7. The Bertz CT molecular complexity index is 585. The molecule has 2 rings (SSSR count). The molecular weight excluding hydrogens is 236 g/mol. The predicted octanol–water partition coefficient (Wildman–Crippen LogP) is 3.36. The van der Waals surface area contributed by atoms with Gasteiger partial charge in [0.25, 0.3) is 6.26 Å². The summed E-state index contributed by atoms with van der Waals surface area (Å²) in [5, 5.41) is 17.4. The van der Waals surface area contributed by atoms with Gasteiger partial charge in [-0.1, -0.05) is 37.3 Å². The van der Waals surface area contributed by atoms with Gasteiger partial charge in [-0.05, 0) is 35.6 Å². The summed E-state index contributed by atoms with van der Waals surface area (Å²) in [6.07, 6.45) is 8.61. The van der Waals surface area contributed by atoms with Crippen LogP contribution in [-0.2, 0) is 6.42 Å². The van der Waals surface area contributed by atoms with Crippen LogP contribution in [0.4, 0.5) is 0 Å². The van der Waals surface area contributed by atoms with E-state index in [-0.39, 0.29) is 11.8 Å². The maximum Gasteiger partial charge on any atom is 0.292 e. The lowest BCUT2D eigenvalue weighted by molar-refractivity contribution is 0.507. The molecule has 1 aliphatic carbocycles. The van der Waals surface area contributed by atoms with Crippen molar-refractivity contribution in [1.29, 1.82) is 10.5 Å². The Balaban J connectivity index is 2.05. The third-order valence-corrected chi connectivity index (χ3v) is 3.21. The first-order valence-electron chi connectivity index (χ1n) is 6.16. The van der Waals surface area contributed by atoms with Crippen LogP contribution < -0.4 is 4.74 Å². The molecule has 0 spiro atoms. The molecule has 3 heteroatoms. The summed E-state index contributed by atoms with van der Waals surface area (Å²) >= 11 is 0. The largest absolute Gasteiger partial charge is 0.388 e. The second-order valence-corrected chi connectivity index (χ2v) is 4.63. The van der Waals surface area contributed by atoms with Crippen molar-refractivity contribution in [3.8, 4) is 18.1 Å². The van der Waals surface area contributed by atoms with E-state index in [0.29, 0.717) is 5.75 Å². The highest BCUT2D eigenvalue weighted by Gasteiger charge is 2.15. The Morgan fingerprint density at radius 1 is 1.21 bits per heavy atom. The Kier molecular flexibility index (Phi) is 4.00. The first kappa shape index (κ1) is 12.9. The van der Waals surface area contributed by atoms with Gasteiger partial charge in [-0.2, -0.15) is 5.26 Å². The fourth-order valence-corrected chi connectivity index (χ4v) is 2.14. The van der Waals surface area contributed by atoms with Crippen molar-refractivity contribution in [2.45, 2.75) is 13.3 Å². The van der Waals surface area contributed by atoms with Crippen molar-refractivity contribution in [3.63, 3.8) is 0 Å².